The number of halogens is 1. The van der Waals surface area contributed by atoms with Crippen LogP contribution in [-0.2, 0) is 6.54 Å². The largest absolute Gasteiger partial charge is 0.345 e. The van der Waals surface area contributed by atoms with E-state index in [1.165, 1.54) is 0 Å². The topological polar surface area (TPSA) is 66.7 Å². The summed E-state index contributed by atoms with van der Waals surface area (Å²) in [4.78, 5) is 31.6. The van der Waals surface area contributed by atoms with Crippen LogP contribution in [0.5, 0.6) is 0 Å². The normalized spacial score (nSPS) is 10.8. The Morgan fingerprint density at radius 1 is 1.11 bits per heavy atom. The van der Waals surface area contributed by atoms with Crippen molar-refractivity contribution in [1.82, 2.24) is 19.6 Å². The van der Waals surface area contributed by atoms with Crippen molar-refractivity contribution in [2.24, 2.45) is 0 Å². The molecule has 27 heavy (non-hydrogen) atoms. The van der Waals surface area contributed by atoms with E-state index in [9.17, 15) is 9.59 Å². The second-order valence-electron chi connectivity index (χ2n) is 5.99. The van der Waals surface area contributed by atoms with Gasteiger partial charge in [0.1, 0.15) is 0 Å². The molecule has 0 aliphatic rings. The maximum Gasteiger partial charge on any atom is 0.287 e. The molecule has 0 atom stereocenters. The lowest BCUT2D eigenvalue weighted by atomic mass is 10.2. The number of imidazole rings is 1. The molecule has 0 fully saturated rings. The van der Waals surface area contributed by atoms with E-state index < -0.39 is 0 Å². The Balaban J connectivity index is 1.91. The molecule has 2 heterocycles. The van der Waals surface area contributed by atoms with Gasteiger partial charge in [-0.15, -0.1) is 0 Å². The summed E-state index contributed by atoms with van der Waals surface area (Å²) in [7, 11) is 0. The molecule has 6 nitrogen and oxygen atoms in total. The first-order valence-corrected chi connectivity index (χ1v) is 9.22. The zero-order chi connectivity index (χ0) is 19.4. The smallest absolute Gasteiger partial charge is 0.287 e. The number of fused-ring (bicyclic) bond motifs is 1. The van der Waals surface area contributed by atoms with Gasteiger partial charge in [0.05, 0.1) is 5.52 Å². The van der Waals surface area contributed by atoms with Gasteiger partial charge >= 0.3 is 0 Å². The summed E-state index contributed by atoms with van der Waals surface area (Å²) in [5.41, 5.74) is 1.70. The van der Waals surface area contributed by atoms with Crippen molar-refractivity contribution in [1.29, 1.82) is 0 Å². The molecule has 0 radical (unpaired) electrons. The van der Waals surface area contributed by atoms with Gasteiger partial charge in [-0.1, -0.05) is 35.9 Å². The van der Waals surface area contributed by atoms with Crippen molar-refractivity contribution >= 4 is 28.9 Å². The molecular weight excluding hydrogens is 364 g/mol. The lowest BCUT2D eigenvalue weighted by Gasteiger charge is -2.17. The second kappa shape index (κ2) is 8.22. The van der Waals surface area contributed by atoms with Gasteiger partial charge in [-0.25, -0.2) is 4.98 Å². The maximum absolute atomic E-state index is 12.8. The fourth-order valence-electron chi connectivity index (χ4n) is 2.91. The molecule has 0 saturated carbocycles. The summed E-state index contributed by atoms with van der Waals surface area (Å²) in [6.45, 7) is 5.26. The predicted octanol–water partition coefficient (Wildman–Crippen LogP) is 3.40. The highest BCUT2D eigenvalue weighted by atomic mass is 35.5. The van der Waals surface area contributed by atoms with Crippen molar-refractivity contribution < 1.29 is 9.59 Å². The van der Waals surface area contributed by atoms with E-state index in [0.717, 1.165) is 5.56 Å². The zero-order valence-corrected chi connectivity index (χ0v) is 16.0. The van der Waals surface area contributed by atoms with E-state index in [1.54, 1.807) is 33.7 Å². The SMILES string of the molecule is CCN(CC)C(=O)c1nc(C(=O)NCc2ccccc2Cl)n2ccccc12. The molecule has 1 aromatic carbocycles. The van der Waals surface area contributed by atoms with E-state index in [2.05, 4.69) is 10.3 Å². The third kappa shape index (κ3) is 3.80. The highest BCUT2D eigenvalue weighted by Crippen LogP contribution is 2.17. The molecule has 2 aromatic heterocycles. The molecular formula is C20H21ClN4O2. The summed E-state index contributed by atoms with van der Waals surface area (Å²) >= 11 is 6.14. The molecule has 7 heteroatoms. The van der Waals surface area contributed by atoms with E-state index in [-0.39, 0.29) is 29.9 Å². The van der Waals surface area contributed by atoms with Crippen LogP contribution >= 0.6 is 11.6 Å². The number of carbonyl (C=O) groups is 2. The van der Waals surface area contributed by atoms with Gasteiger partial charge in [0.15, 0.2) is 5.69 Å². The first kappa shape index (κ1) is 18.9. The van der Waals surface area contributed by atoms with Crippen LogP contribution in [0.2, 0.25) is 5.02 Å². The molecule has 0 spiro atoms. The van der Waals surface area contributed by atoms with Crippen LogP contribution in [-0.4, -0.2) is 39.2 Å². The van der Waals surface area contributed by atoms with Crippen molar-refractivity contribution in [2.45, 2.75) is 20.4 Å². The van der Waals surface area contributed by atoms with Gasteiger partial charge in [-0.3, -0.25) is 14.0 Å². The molecule has 0 bridgehead atoms. The van der Waals surface area contributed by atoms with Crippen molar-refractivity contribution in [3.05, 3.63) is 70.8 Å². The van der Waals surface area contributed by atoms with Crippen LogP contribution in [0.1, 0.15) is 40.5 Å². The van der Waals surface area contributed by atoms with Gasteiger partial charge in [-0.05, 0) is 37.6 Å². The molecule has 2 amide bonds. The van der Waals surface area contributed by atoms with Crippen LogP contribution in [0.4, 0.5) is 0 Å². The van der Waals surface area contributed by atoms with Crippen LogP contribution in [0.25, 0.3) is 5.52 Å². The summed E-state index contributed by atoms with van der Waals surface area (Å²) in [5, 5.41) is 3.41. The quantitative estimate of drug-likeness (QED) is 0.708. The van der Waals surface area contributed by atoms with Crippen LogP contribution in [0.15, 0.2) is 48.7 Å². The van der Waals surface area contributed by atoms with E-state index in [1.807, 2.05) is 38.1 Å². The maximum atomic E-state index is 12.8. The minimum atomic E-state index is -0.366. The lowest BCUT2D eigenvalue weighted by molar-refractivity contribution is 0.0769. The Bertz CT molecular complexity index is 979. The van der Waals surface area contributed by atoms with Crippen molar-refractivity contribution in [3.8, 4) is 0 Å². The summed E-state index contributed by atoms with van der Waals surface area (Å²) < 4.78 is 1.64. The molecule has 0 saturated heterocycles. The monoisotopic (exact) mass is 384 g/mol. The lowest BCUT2D eigenvalue weighted by Crippen LogP contribution is -2.31. The number of pyridine rings is 1. The number of rotatable bonds is 6. The first-order chi connectivity index (χ1) is 13.1. The minimum Gasteiger partial charge on any atom is -0.345 e. The Kier molecular flexibility index (Phi) is 5.76. The van der Waals surface area contributed by atoms with Crippen LogP contribution in [0, 0.1) is 0 Å². The van der Waals surface area contributed by atoms with Gasteiger partial charge in [0, 0.05) is 30.9 Å². The predicted molar refractivity (Wildman–Crippen MR) is 105 cm³/mol. The number of aromatic nitrogens is 2. The van der Waals surface area contributed by atoms with E-state index in [0.29, 0.717) is 23.6 Å². The van der Waals surface area contributed by atoms with Crippen LogP contribution < -0.4 is 5.32 Å². The molecule has 140 valence electrons. The average molecular weight is 385 g/mol. The van der Waals surface area contributed by atoms with E-state index in [4.69, 9.17) is 11.6 Å². The summed E-state index contributed by atoms with van der Waals surface area (Å²) in [6, 6.07) is 12.7. The molecule has 0 aliphatic heterocycles. The Labute approximate surface area is 162 Å². The number of benzene rings is 1. The van der Waals surface area contributed by atoms with Crippen LogP contribution in [0.3, 0.4) is 0 Å². The second-order valence-corrected chi connectivity index (χ2v) is 6.40. The zero-order valence-electron chi connectivity index (χ0n) is 15.3. The average Bonchev–Trinajstić information content (AvgIpc) is 3.08. The number of nitrogens with one attached hydrogen (secondary N) is 1. The third-order valence-corrected chi connectivity index (χ3v) is 4.77. The number of nitrogens with zero attached hydrogens (tertiary/aromatic N) is 3. The Hall–Kier alpha value is -2.86. The molecule has 3 rings (SSSR count). The van der Waals surface area contributed by atoms with Crippen molar-refractivity contribution in [3.63, 3.8) is 0 Å². The summed E-state index contributed by atoms with van der Waals surface area (Å²) in [6.07, 6.45) is 1.73. The first-order valence-electron chi connectivity index (χ1n) is 8.84. The fourth-order valence-corrected chi connectivity index (χ4v) is 3.11. The standard InChI is InChI=1S/C20H21ClN4O2/c1-3-24(4-2)20(27)17-16-11-7-8-12-25(16)18(23-17)19(26)22-13-14-9-5-6-10-15(14)21/h5-12H,3-4,13H2,1-2H3,(H,22,26). The number of hydrogen-bond donors (Lipinski definition) is 1. The third-order valence-electron chi connectivity index (χ3n) is 4.40. The fraction of sp³-hybridized carbons (Fsp3) is 0.250. The minimum absolute atomic E-state index is 0.174. The van der Waals surface area contributed by atoms with Gasteiger partial charge in [-0.2, -0.15) is 0 Å². The number of amides is 2. The molecule has 1 N–H and O–H groups in total. The van der Waals surface area contributed by atoms with Gasteiger partial charge < -0.3 is 10.2 Å². The molecule has 0 aliphatic carbocycles. The van der Waals surface area contributed by atoms with Gasteiger partial charge in [0.2, 0.25) is 5.82 Å². The van der Waals surface area contributed by atoms with E-state index >= 15 is 0 Å². The van der Waals surface area contributed by atoms with Gasteiger partial charge in [0.25, 0.3) is 11.8 Å². The highest BCUT2D eigenvalue weighted by molar-refractivity contribution is 6.31. The highest BCUT2D eigenvalue weighted by Gasteiger charge is 2.23. The molecule has 0 unspecified atom stereocenters. The van der Waals surface area contributed by atoms with Crippen molar-refractivity contribution in [2.75, 3.05) is 13.1 Å². The number of hydrogen-bond acceptors (Lipinski definition) is 3. The Morgan fingerprint density at radius 2 is 1.81 bits per heavy atom. The summed E-state index contributed by atoms with van der Waals surface area (Å²) in [5.74, 6) is -0.378. The molecule has 3 aromatic rings. The number of carbonyl (C=O) groups excluding carboxylic acids is 2. The Morgan fingerprint density at radius 3 is 2.52 bits per heavy atom.